The maximum Gasteiger partial charge on any atom is 0.231 e. The molecule has 0 atom stereocenters. The number of ether oxygens (including phenoxy) is 2. The molecular weight excluding hydrogens is 328 g/mol. The predicted octanol–water partition coefficient (Wildman–Crippen LogP) is 3.33. The molecule has 2 aliphatic rings. The summed E-state index contributed by atoms with van der Waals surface area (Å²) < 4.78 is 11.0. The van der Waals surface area contributed by atoms with Crippen molar-refractivity contribution < 1.29 is 9.47 Å². The molecule has 3 aromatic rings. The Kier molecular flexibility index (Phi) is 3.83. The van der Waals surface area contributed by atoms with Gasteiger partial charge in [0.1, 0.15) is 5.82 Å². The lowest BCUT2D eigenvalue weighted by Crippen LogP contribution is -2.27. The van der Waals surface area contributed by atoms with E-state index >= 15 is 0 Å². The number of H-pyrrole nitrogens is 1. The highest BCUT2D eigenvalue weighted by Gasteiger charge is 2.23. The molecule has 0 spiro atoms. The first-order valence-electron chi connectivity index (χ1n) is 9.00. The van der Waals surface area contributed by atoms with E-state index < -0.39 is 0 Å². The van der Waals surface area contributed by atoms with Gasteiger partial charge < -0.3 is 19.8 Å². The van der Waals surface area contributed by atoms with Crippen LogP contribution in [0.25, 0.3) is 22.6 Å². The Morgan fingerprint density at radius 2 is 1.88 bits per heavy atom. The van der Waals surface area contributed by atoms with Crippen molar-refractivity contribution in [1.29, 1.82) is 0 Å². The smallest absolute Gasteiger partial charge is 0.231 e. The summed E-state index contributed by atoms with van der Waals surface area (Å²) in [4.78, 5) is 13.1. The van der Waals surface area contributed by atoms with Crippen LogP contribution in [-0.4, -0.2) is 34.8 Å². The zero-order valence-electron chi connectivity index (χ0n) is 14.4. The molecule has 1 aromatic carbocycles. The maximum absolute atomic E-state index is 5.55. The number of hydrogen-bond donors (Lipinski definition) is 2. The van der Waals surface area contributed by atoms with E-state index in [9.17, 15) is 0 Å². The van der Waals surface area contributed by atoms with Crippen LogP contribution < -0.4 is 14.8 Å². The van der Waals surface area contributed by atoms with Gasteiger partial charge >= 0.3 is 0 Å². The van der Waals surface area contributed by atoms with E-state index in [0.29, 0.717) is 5.92 Å². The molecule has 0 saturated carbocycles. The van der Waals surface area contributed by atoms with E-state index in [1.807, 2.05) is 42.6 Å². The second-order valence-electron chi connectivity index (χ2n) is 6.65. The molecular formula is C20H20N4O2. The van der Waals surface area contributed by atoms with Crippen LogP contribution in [0.4, 0.5) is 0 Å². The highest BCUT2D eigenvalue weighted by molar-refractivity contribution is 5.78. The number of hydrogen-bond acceptors (Lipinski definition) is 5. The number of benzene rings is 1. The largest absolute Gasteiger partial charge is 0.454 e. The lowest BCUT2D eigenvalue weighted by Gasteiger charge is -2.20. The van der Waals surface area contributed by atoms with Crippen LogP contribution in [0.15, 0.2) is 42.6 Å². The standard InChI is InChI=1S/C20H20N4O2/c1-2-8-22-15(3-1)19-18(14-4-5-16-17(11-14)26-12-25-16)23-20(24-19)13-6-9-21-10-7-13/h1-5,8,11,13,21H,6-7,9-10,12H2,(H,23,24). The van der Waals surface area contributed by atoms with Crippen molar-refractivity contribution in [3.63, 3.8) is 0 Å². The summed E-state index contributed by atoms with van der Waals surface area (Å²) >= 11 is 0. The number of rotatable bonds is 3. The fourth-order valence-electron chi connectivity index (χ4n) is 3.63. The molecule has 5 rings (SSSR count). The molecule has 6 heteroatoms. The summed E-state index contributed by atoms with van der Waals surface area (Å²) in [6.07, 6.45) is 4.00. The van der Waals surface area contributed by atoms with E-state index in [2.05, 4.69) is 15.3 Å². The molecule has 2 N–H and O–H groups in total. The Balaban J connectivity index is 1.61. The second kappa shape index (κ2) is 6.46. The number of nitrogens with zero attached hydrogens (tertiary/aromatic N) is 2. The van der Waals surface area contributed by atoms with Crippen LogP contribution in [0, 0.1) is 0 Å². The number of piperidine rings is 1. The van der Waals surface area contributed by atoms with E-state index in [4.69, 9.17) is 14.5 Å². The molecule has 2 aliphatic heterocycles. The van der Waals surface area contributed by atoms with Crippen LogP contribution in [0.5, 0.6) is 11.5 Å². The number of fused-ring (bicyclic) bond motifs is 1. The minimum atomic E-state index is 0.271. The normalized spacial score (nSPS) is 16.8. The SMILES string of the molecule is c1ccc(-c2[nH]c(C3CCNCC3)nc2-c2ccc3c(c2)OCO3)nc1. The predicted molar refractivity (Wildman–Crippen MR) is 98.2 cm³/mol. The highest BCUT2D eigenvalue weighted by atomic mass is 16.7. The monoisotopic (exact) mass is 348 g/mol. The molecule has 26 heavy (non-hydrogen) atoms. The zero-order valence-corrected chi connectivity index (χ0v) is 14.4. The summed E-state index contributed by atoms with van der Waals surface area (Å²) in [5.41, 5.74) is 3.77. The van der Waals surface area contributed by atoms with E-state index in [-0.39, 0.29) is 6.79 Å². The van der Waals surface area contributed by atoms with Crippen LogP contribution in [0.1, 0.15) is 24.6 Å². The zero-order chi connectivity index (χ0) is 17.3. The van der Waals surface area contributed by atoms with E-state index in [1.54, 1.807) is 0 Å². The van der Waals surface area contributed by atoms with Gasteiger partial charge in [-0.15, -0.1) is 0 Å². The van der Waals surface area contributed by atoms with Crippen LogP contribution in [-0.2, 0) is 0 Å². The molecule has 132 valence electrons. The lowest BCUT2D eigenvalue weighted by atomic mass is 9.98. The molecule has 1 fully saturated rings. The number of aromatic amines is 1. The summed E-state index contributed by atoms with van der Waals surface area (Å²) in [7, 11) is 0. The third kappa shape index (κ3) is 2.72. The van der Waals surface area contributed by atoms with Gasteiger partial charge in [0.05, 0.1) is 17.1 Å². The minimum absolute atomic E-state index is 0.271. The first-order chi connectivity index (χ1) is 12.9. The van der Waals surface area contributed by atoms with E-state index in [1.165, 1.54) is 0 Å². The lowest BCUT2D eigenvalue weighted by molar-refractivity contribution is 0.174. The van der Waals surface area contributed by atoms with Crippen LogP contribution >= 0.6 is 0 Å². The second-order valence-corrected chi connectivity index (χ2v) is 6.65. The third-order valence-electron chi connectivity index (χ3n) is 5.02. The molecule has 6 nitrogen and oxygen atoms in total. The Hall–Kier alpha value is -2.86. The minimum Gasteiger partial charge on any atom is -0.454 e. The maximum atomic E-state index is 5.55. The van der Waals surface area contributed by atoms with Gasteiger partial charge in [-0.25, -0.2) is 4.98 Å². The molecule has 0 amide bonds. The molecule has 0 unspecified atom stereocenters. The average molecular weight is 348 g/mol. The number of pyridine rings is 1. The summed E-state index contributed by atoms with van der Waals surface area (Å²) in [6, 6.07) is 11.9. The Morgan fingerprint density at radius 1 is 1.00 bits per heavy atom. The van der Waals surface area contributed by atoms with Gasteiger partial charge in [-0.1, -0.05) is 6.07 Å². The number of aromatic nitrogens is 3. The number of imidazole rings is 1. The fraction of sp³-hybridized carbons (Fsp3) is 0.300. The summed E-state index contributed by atoms with van der Waals surface area (Å²) in [5, 5.41) is 3.41. The van der Waals surface area contributed by atoms with Crippen molar-refractivity contribution in [2.24, 2.45) is 0 Å². The fourth-order valence-corrected chi connectivity index (χ4v) is 3.63. The molecule has 0 aliphatic carbocycles. The molecule has 1 saturated heterocycles. The van der Waals surface area contributed by atoms with Gasteiger partial charge in [0.25, 0.3) is 0 Å². The highest BCUT2D eigenvalue weighted by Crippen LogP contribution is 2.39. The topological polar surface area (TPSA) is 72.1 Å². The van der Waals surface area contributed by atoms with Crippen LogP contribution in [0.3, 0.4) is 0 Å². The van der Waals surface area contributed by atoms with Crippen molar-refractivity contribution in [1.82, 2.24) is 20.3 Å². The summed E-state index contributed by atoms with van der Waals surface area (Å²) in [6.45, 7) is 2.33. The van der Waals surface area contributed by atoms with Gasteiger partial charge in [-0.3, -0.25) is 4.98 Å². The van der Waals surface area contributed by atoms with Crippen molar-refractivity contribution >= 4 is 0 Å². The van der Waals surface area contributed by atoms with Crippen molar-refractivity contribution in [3.05, 3.63) is 48.4 Å². The Morgan fingerprint density at radius 3 is 2.73 bits per heavy atom. The third-order valence-corrected chi connectivity index (χ3v) is 5.02. The molecule has 2 aromatic heterocycles. The Bertz CT molecular complexity index is 917. The van der Waals surface area contributed by atoms with Gasteiger partial charge in [0.15, 0.2) is 11.5 Å². The van der Waals surface area contributed by atoms with Crippen molar-refractivity contribution in [3.8, 4) is 34.1 Å². The average Bonchev–Trinajstić information content (AvgIpc) is 3.36. The van der Waals surface area contributed by atoms with E-state index in [0.717, 1.165) is 65.9 Å². The Labute approximate surface area is 151 Å². The van der Waals surface area contributed by atoms with Gasteiger partial charge in [0.2, 0.25) is 6.79 Å². The first-order valence-corrected chi connectivity index (χ1v) is 9.00. The van der Waals surface area contributed by atoms with Crippen molar-refractivity contribution in [2.45, 2.75) is 18.8 Å². The molecule has 0 bridgehead atoms. The van der Waals surface area contributed by atoms with Gasteiger partial charge in [-0.2, -0.15) is 0 Å². The molecule has 4 heterocycles. The number of nitrogens with one attached hydrogen (secondary N) is 2. The quantitative estimate of drug-likeness (QED) is 0.760. The summed E-state index contributed by atoms with van der Waals surface area (Å²) in [5.74, 6) is 3.03. The van der Waals surface area contributed by atoms with Crippen LogP contribution in [0.2, 0.25) is 0 Å². The van der Waals surface area contributed by atoms with Gasteiger partial charge in [-0.05, 0) is 56.3 Å². The molecule has 0 radical (unpaired) electrons. The first kappa shape index (κ1) is 15.4. The van der Waals surface area contributed by atoms with Crippen molar-refractivity contribution in [2.75, 3.05) is 19.9 Å². The van der Waals surface area contributed by atoms with Gasteiger partial charge in [0, 0.05) is 17.7 Å².